The van der Waals surface area contributed by atoms with Gasteiger partial charge in [-0.1, -0.05) is 14.9 Å². The summed E-state index contributed by atoms with van der Waals surface area (Å²) in [7, 11) is 5.49. The van der Waals surface area contributed by atoms with Crippen molar-refractivity contribution >= 4 is 49.5 Å². The molecule has 0 saturated carbocycles. The lowest BCUT2D eigenvalue weighted by Gasteiger charge is -2.12. The lowest BCUT2D eigenvalue weighted by molar-refractivity contribution is 0.623. The number of fused-ring (bicyclic) bond motifs is 1. The van der Waals surface area contributed by atoms with Gasteiger partial charge in [-0.2, -0.15) is 0 Å². The largest absolute Gasteiger partial charge is 0.328 e. The Labute approximate surface area is 117 Å². The molecule has 19 heavy (non-hydrogen) atoms. The van der Waals surface area contributed by atoms with Crippen LogP contribution in [0, 0.1) is 0 Å². The van der Waals surface area contributed by atoms with Crippen LogP contribution < -0.4 is 16.7 Å². The maximum absolute atomic E-state index is 12.5. The van der Waals surface area contributed by atoms with E-state index in [2.05, 4.69) is 27.8 Å². The molecule has 4 atom stereocenters. The lowest BCUT2D eigenvalue weighted by atomic mass is 10.3. The zero-order valence-electron chi connectivity index (χ0n) is 10.4. The van der Waals surface area contributed by atoms with Crippen LogP contribution >= 0.6 is 33.1 Å². The van der Waals surface area contributed by atoms with Gasteiger partial charge in [-0.05, 0) is 19.8 Å². The minimum absolute atomic E-state index is 0.234. The highest BCUT2D eigenvalue weighted by Gasteiger charge is 2.15. The van der Waals surface area contributed by atoms with E-state index in [1.807, 2.05) is 6.92 Å². The Bertz CT molecular complexity index is 712. The summed E-state index contributed by atoms with van der Waals surface area (Å²) in [6.07, 6.45) is 2.38. The first kappa shape index (κ1) is 15.2. The first-order valence-electron chi connectivity index (χ1n) is 5.73. The fourth-order valence-electron chi connectivity index (χ4n) is 1.85. The second-order valence-electron chi connectivity index (χ2n) is 3.94. The van der Waals surface area contributed by atoms with Crippen molar-refractivity contribution in [3.05, 3.63) is 33.1 Å². The summed E-state index contributed by atoms with van der Waals surface area (Å²) in [5.41, 5.74) is 0.780. The van der Waals surface area contributed by atoms with Gasteiger partial charge >= 0.3 is 5.69 Å². The van der Waals surface area contributed by atoms with E-state index in [1.165, 1.54) is 4.57 Å². The maximum Gasteiger partial charge on any atom is 0.328 e. The highest BCUT2D eigenvalue weighted by molar-refractivity contribution is 8.63. The van der Waals surface area contributed by atoms with Gasteiger partial charge in [0.2, 0.25) is 0 Å². The van der Waals surface area contributed by atoms with Crippen molar-refractivity contribution in [2.45, 2.75) is 19.9 Å². The Kier molecular flexibility index (Phi) is 5.21. The van der Waals surface area contributed by atoms with Crippen molar-refractivity contribution in [3.63, 3.8) is 0 Å². The lowest BCUT2D eigenvalue weighted by Crippen LogP contribution is -2.36. The highest BCUT2D eigenvalue weighted by atomic mass is 32.6. The molecule has 2 heterocycles. The zero-order valence-corrected chi connectivity index (χ0v) is 14.6. The molecule has 5 nitrogen and oxygen atoms in total. The number of nitrogens with one attached hydrogen (secondary N) is 1. The molecule has 0 radical (unpaired) electrons. The van der Waals surface area contributed by atoms with Gasteiger partial charge in [0, 0.05) is 12.7 Å². The maximum atomic E-state index is 12.5. The molecule has 2 aromatic heterocycles. The van der Waals surface area contributed by atoms with Crippen LogP contribution in [0.1, 0.15) is 13.3 Å². The first-order chi connectivity index (χ1) is 9.10. The summed E-state index contributed by atoms with van der Waals surface area (Å²) >= 11 is 0. The summed E-state index contributed by atoms with van der Waals surface area (Å²) in [5.74, 6) is 0. The Hall–Kier alpha value is -0.190. The Morgan fingerprint density at radius 3 is 2.89 bits per heavy atom. The molecular formula is C10H15N3O2P4. The van der Waals surface area contributed by atoms with Crippen LogP contribution in [-0.2, 0) is 6.54 Å². The van der Waals surface area contributed by atoms with Crippen LogP contribution in [0.5, 0.6) is 0 Å². The van der Waals surface area contributed by atoms with Crippen molar-refractivity contribution in [1.29, 1.82) is 0 Å². The second kappa shape index (κ2) is 6.51. The predicted molar refractivity (Wildman–Crippen MR) is 91.2 cm³/mol. The van der Waals surface area contributed by atoms with E-state index < -0.39 is 7.30 Å². The van der Waals surface area contributed by atoms with Crippen molar-refractivity contribution < 1.29 is 0 Å². The number of pyridine rings is 1. The number of hydrogen-bond acceptors (Lipinski definition) is 3. The molecular weight excluding hydrogens is 318 g/mol. The van der Waals surface area contributed by atoms with E-state index in [0.29, 0.717) is 25.4 Å². The van der Waals surface area contributed by atoms with Crippen molar-refractivity contribution in [2.24, 2.45) is 0 Å². The number of aromatic amines is 1. The van der Waals surface area contributed by atoms with Crippen molar-refractivity contribution in [1.82, 2.24) is 14.5 Å². The van der Waals surface area contributed by atoms with E-state index in [-0.39, 0.29) is 11.2 Å². The third kappa shape index (κ3) is 2.96. The van der Waals surface area contributed by atoms with Crippen LogP contribution in [0.15, 0.2) is 21.9 Å². The first-order valence-corrected chi connectivity index (χ1v) is 12.3. The van der Waals surface area contributed by atoms with Crippen LogP contribution in [0.2, 0.25) is 0 Å². The molecule has 2 aromatic rings. The van der Waals surface area contributed by atoms with E-state index in [4.69, 9.17) is 0 Å². The Morgan fingerprint density at radius 2 is 2.26 bits per heavy atom. The van der Waals surface area contributed by atoms with Crippen molar-refractivity contribution in [3.8, 4) is 0 Å². The number of hydrogen-bond donors (Lipinski definition) is 1. The van der Waals surface area contributed by atoms with Crippen molar-refractivity contribution in [2.75, 3.05) is 0 Å². The molecule has 0 aromatic carbocycles. The second-order valence-corrected chi connectivity index (χ2v) is 13.0. The molecule has 102 valence electrons. The molecule has 0 aliphatic heterocycles. The molecule has 0 aliphatic carbocycles. The molecule has 1 N–H and O–H groups in total. The van der Waals surface area contributed by atoms with Gasteiger partial charge in [-0.3, -0.25) is 14.3 Å². The fourth-order valence-corrected chi connectivity index (χ4v) is 5.18. The normalized spacial score (nSPS) is 13.4. The van der Waals surface area contributed by atoms with Gasteiger partial charge in [0.15, 0.2) is 0 Å². The molecule has 0 bridgehead atoms. The summed E-state index contributed by atoms with van der Waals surface area (Å²) in [6, 6.07) is 1.68. The molecule has 0 fully saturated rings. The topological polar surface area (TPSA) is 67.8 Å². The average Bonchev–Trinajstić information content (AvgIpc) is 2.41. The van der Waals surface area contributed by atoms with Gasteiger partial charge < -0.3 is 4.98 Å². The molecule has 0 spiro atoms. The smallest absolute Gasteiger partial charge is 0.307 e. The summed E-state index contributed by atoms with van der Waals surface area (Å²) in [6.45, 7) is 2.36. The average molecular weight is 333 g/mol. The summed E-state index contributed by atoms with van der Waals surface area (Å²) < 4.78 is 1.26. The molecule has 0 amide bonds. The summed E-state index contributed by atoms with van der Waals surface area (Å²) in [5, 5.41) is 0.548. The minimum Gasteiger partial charge on any atom is -0.307 e. The Balaban J connectivity index is 2.84. The predicted octanol–water partition coefficient (Wildman–Crippen LogP) is 1.78. The molecule has 2 rings (SSSR count). The standard InChI is InChI=1S/C10H15N3O2P4/c1-2-5-13-9(14)7-6(12-10(13)15)3-4-11-8(7)19(17)18-16/h3-4,18H,2,5,16-17H2,1H3,(H,12,15). The highest BCUT2D eigenvalue weighted by Crippen LogP contribution is 2.64. The van der Waals surface area contributed by atoms with Crippen LogP contribution in [-0.4, -0.2) is 14.5 Å². The third-order valence-corrected chi connectivity index (χ3v) is 12.5. The quantitative estimate of drug-likeness (QED) is 0.868. The molecule has 0 aliphatic rings. The number of nitrogens with zero attached hydrogens (tertiary/aromatic N) is 2. The molecule has 9 heteroatoms. The zero-order chi connectivity index (χ0) is 14.0. The minimum atomic E-state index is -0.560. The van der Waals surface area contributed by atoms with E-state index in [9.17, 15) is 9.59 Å². The van der Waals surface area contributed by atoms with Gasteiger partial charge in [0.05, 0.1) is 16.3 Å². The summed E-state index contributed by atoms with van der Waals surface area (Å²) in [4.78, 5) is 31.5. The van der Waals surface area contributed by atoms with Gasteiger partial charge in [-0.25, -0.2) is 4.79 Å². The van der Waals surface area contributed by atoms with E-state index in [1.54, 1.807) is 12.3 Å². The van der Waals surface area contributed by atoms with E-state index in [0.717, 1.165) is 11.9 Å². The SMILES string of the molecule is CCCn1c(=O)[nH]c2ccnc(P(P)PP)c2c1=O. The number of H-pyrrole nitrogens is 1. The van der Waals surface area contributed by atoms with E-state index >= 15 is 0 Å². The van der Waals surface area contributed by atoms with Crippen LogP contribution in [0.25, 0.3) is 10.9 Å². The molecule has 4 unspecified atom stereocenters. The number of rotatable bonds is 4. The van der Waals surface area contributed by atoms with Crippen LogP contribution in [0.3, 0.4) is 0 Å². The Morgan fingerprint density at radius 1 is 1.53 bits per heavy atom. The monoisotopic (exact) mass is 333 g/mol. The third-order valence-electron chi connectivity index (χ3n) is 2.69. The van der Waals surface area contributed by atoms with Gasteiger partial charge in [0.1, 0.15) is 0 Å². The molecule has 0 saturated heterocycles. The van der Waals surface area contributed by atoms with Gasteiger partial charge in [-0.15, -0.1) is 17.9 Å². The number of aromatic nitrogens is 3. The van der Waals surface area contributed by atoms with Crippen LogP contribution in [0.4, 0.5) is 0 Å². The van der Waals surface area contributed by atoms with Gasteiger partial charge in [0.25, 0.3) is 5.56 Å². The fraction of sp³-hybridized carbons (Fsp3) is 0.300.